The van der Waals surface area contributed by atoms with Crippen LogP contribution in [0, 0.1) is 12.8 Å². The molecule has 0 spiro atoms. The highest BCUT2D eigenvalue weighted by Crippen LogP contribution is 2.20. The van der Waals surface area contributed by atoms with Gasteiger partial charge in [-0.1, -0.05) is 26.8 Å². The second kappa shape index (κ2) is 7.60. The summed E-state index contributed by atoms with van der Waals surface area (Å²) in [6, 6.07) is 11.4. The lowest BCUT2D eigenvalue weighted by atomic mass is 10.2. The molecule has 0 unspecified atom stereocenters. The Hall–Kier alpha value is -2.82. The summed E-state index contributed by atoms with van der Waals surface area (Å²) >= 11 is 0. The van der Waals surface area contributed by atoms with Gasteiger partial charge in [0.2, 0.25) is 0 Å². The second-order valence-electron chi connectivity index (χ2n) is 6.83. The molecule has 2 aromatic heterocycles. The minimum atomic E-state index is -0.157. The maximum Gasteiger partial charge on any atom is 0.274 e. The van der Waals surface area contributed by atoms with E-state index in [-0.39, 0.29) is 5.91 Å². The van der Waals surface area contributed by atoms with Gasteiger partial charge in [-0.3, -0.25) is 9.20 Å². The molecule has 0 saturated heterocycles. The quantitative estimate of drug-likeness (QED) is 0.712. The van der Waals surface area contributed by atoms with E-state index < -0.39 is 0 Å². The highest BCUT2D eigenvalue weighted by molar-refractivity contribution is 6.04. The topological polar surface area (TPSA) is 55.6 Å². The van der Waals surface area contributed by atoms with Crippen LogP contribution in [0.1, 0.15) is 42.5 Å². The van der Waals surface area contributed by atoms with Crippen LogP contribution in [0.4, 0.5) is 5.69 Å². The molecule has 0 aliphatic carbocycles. The van der Waals surface area contributed by atoms with Crippen LogP contribution in [0.5, 0.6) is 5.75 Å². The van der Waals surface area contributed by atoms with E-state index in [0.717, 1.165) is 28.3 Å². The molecule has 0 aliphatic rings. The number of benzene rings is 1. The van der Waals surface area contributed by atoms with Crippen molar-refractivity contribution >= 4 is 17.2 Å². The first-order chi connectivity index (χ1) is 12.5. The third kappa shape index (κ3) is 3.72. The van der Waals surface area contributed by atoms with Gasteiger partial charge in [-0.15, -0.1) is 0 Å². The van der Waals surface area contributed by atoms with Crippen molar-refractivity contribution in [3.05, 3.63) is 59.5 Å². The number of ether oxygens (including phenoxy) is 1. The zero-order chi connectivity index (χ0) is 18.7. The number of hydrogen-bond donors (Lipinski definition) is 1. The van der Waals surface area contributed by atoms with E-state index in [9.17, 15) is 4.79 Å². The number of aryl methyl sites for hydroxylation is 2. The molecule has 0 aliphatic heterocycles. The van der Waals surface area contributed by atoms with Crippen molar-refractivity contribution in [1.29, 1.82) is 0 Å². The Labute approximate surface area is 154 Å². The van der Waals surface area contributed by atoms with E-state index in [4.69, 9.17) is 4.74 Å². The van der Waals surface area contributed by atoms with E-state index >= 15 is 0 Å². The van der Waals surface area contributed by atoms with Crippen molar-refractivity contribution in [2.45, 2.75) is 34.1 Å². The fourth-order valence-corrected chi connectivity index (χ4v) is 2.83. The van der Waals surface area contributed by atoms with Crippen LogP contribution >= 0.6 is 0 Å². The summed E-state index contributed by atoms with van der Waals surface area (Å²) in [5.41, 5.74) is 4.00. The predicted octanol–water partition coefficient (Wildman–Crippen LogP) is 4.49. The summed E-state index contributed by atoms with van der Waals surface area (Å²) in [5.74, 6) is 1.12. The summed E-state index contributed by atoms with van der Waals surface area (Å²) in [6.45, 7) is 8.90. The Morgan fingerprint density at radius 2 is 1.96 bits per heavy atom. The minimum absolute atomic E-state index is 0.157. The van der Waals surface area contributed by atoms with Gasteiger partial charge in [0.15, 0.2) is 0 Å². The van der Waals surface area contributed by atoms with E-state index in [1.54, 1.807) is 0 Å². The Bertz CT molecular complexity index is 911. The number of anilines is 1. The van der Waals surface area contributed by atoms with Gasteiger partial charge in [0.05, 0.1) is 12.3 Å². The molecule has 1 aromatic carbocycles. The number of fused-ring (bicyclic) bond motifs is 1. The summed E-state index contributed by atoms with van der Waals surface area (Å²) in [7, 11) is 0. The first-order valence-electron chi connectivity index (χ1n) is 9.00. The molecule has 3 rings (SSSR count). The van der Waals surface area contributed by atoms with Crippen molar-refractivity contribution in [3.8, 4) is 5.75 Å². The number of hydrogen-bond acceptors (Lipinski definition) is 3. The Morgan fingerprint density at radius 1 is 1.23 bits per heavy atom. The molecule has 0 atom stereocenters. The number of pyridine rings is 1. The molecule has 26 heavy (non-hydrogen) atoms. The van der Waals surface area contributed by atoms with E-state index in [1.165, 1.54) is 0 Å². The number of amides is 1. The standard InChI is InChI=1S/C21H25N3O2/c1-5-18-19(24-12-6-7-15(4)20(24)23-18)21(25)22-16-8-10-17(11-9-16)26-13-14(2)3/h6-12,14H,5,13H2,1-4H3,(H,22,25). The van der Waals surface area contributed by atoms with Crippen molar-refractivity contribution in [3.63, 3.8) is 0 Å². The van der Waals surface area contributed by atoms with Gasteiger partial charge in [0.1, 0.15) is 17.1 Å². The normalized spacial score (nSPS) is 11.1. The van der Waals surface area contributed by atoms with Crippen LogP contribution < -0.4 is 10.1 Å². The SMILES string of the molecule is CCc1nc2c(C)cccn2c1C(=O)Nc1ccc(OCC(C)C)cc1. The van der Waals surface area contributed by atoms with Crippen molar-refractivity contribution < 1.29 is 9.53 Å². The van der Waals surface area contributed by atoms with Gasteiger partial charge >= 0.3 is 0 Å². The highest BCUT2D eigenvalue weighted by Gasteiger charge is 2.19. The lowest BCUT2D eigenvalue weighted by Crippen LogP contribution is -2.16. The lowest BCUT2D eigenvalue weighted by Gasteiger charge is -2.10. The number of aromatic nitrogens is 2. The van der Waals surface area contributed by atoms with Crippen LogP contribution in [0.15, 0.2) is 42.6 Å². The van der Waals surface area contributed by atoms with Crippen LogP contribution in [-0.2, 0) is 6.42 Å². The van der Waals surface area contributed by atoms with Crippen LogP contribution in [-0.4, -0.2) is 21.9 Å². The summed E-state index contributed by atoms with van der Waals surface area (Å²) in [6.07, 6.45) is 2.58. The molecular weight excluding hydrogens is 326 g/mol. The monoisotopic (exact) mass is 351 g/mol. The predicted molar refractivity (Wildman–Crippen MR) is 104 cm³/mol. The fraction of sp³-hybridized carbons (Fsp3) is 0.333. The molecule has 1 N–H and O–H groups in total. The van der Waals surface area contributed by atoms with Crippen LogP contribution in [0.25, 0.3) is 5.65 Å². The molecule has 2 heterocycles. The number of carbonyl (C=O) groups is 1. The molecule has 5 heteroatoms. The Kier molecular flexibility index (Phi) is 5.26. The minimum Gasteiger partial charge on any atom is -0.493 e. The van der Waals surface area contributed by atoms with E-state index in [0.29, 0.717) is 24.6 Å². The van der Waals surface area contributed by atoms with E-state index in [2.05, 4.69) is 24.1 Å². The molecule has 136 valence electrons. The van der Waals surface area contributed by atoms with Gasteiger partial charge in [0.25, 0.3) is 5.91 Å². The average molecular weight is 351 g/mol. The maximum absolute atomic E-state index is 12.9. The second-order valence-corrected chi connectivity index (χ2v) is 6.83. The van der Waals surface area contributed by atoms with Gasteiger partial charge in [-0.05, 0) is 55.2 Å². The number of rotatable bonds is 6. The van der Waals surface area contributed by atoms with Gasteiger partial charge in [-0.2, -0.15) is 0 Å². The van der Waals surface area contributed by atoms with Gasteiger partial charge in [0, 0.05) is 11.9 Å². The summed E-state index contributed by atoms with van der Waals surface area (Å²) < 4.78 is 7.54. The first-order valence-corrected chi connectivity index (χ1v) is 9.00. The van der Waals surface area contributed by atoms with Gasteiger partial charge in [-0.25, -0.2) is 4.98 Å². The molecule has 0 fully saturated rings. The third-order valence-corrected chi connectivity index (χ3v) is 4.16. The number of imidazole rings is 1. The zero-order valence-corrected chi connectivity index (χ0v) is 15.7. The lowest BCUT2D eigenvalue weighted by molar-refractivity contribution is 0.102. The smallest absolute Gasteiger partial charge is 0.274 e. The third-order valence-electron chi connectivity index (χ3n) is 4.16. The van der Waals surface area contributed by atoms with Crippen LogP contribution in [0.3, 0.4) is 0 Å². The van der Waals surface area contributed by atoms with Crippen LogP contribution in [0.2, 0.25) is 0 Å². The number of nitrogens with one attached hydrogen (secondary N) is 1. The van der Waals surface area contributed by atoms with Crippen molar-refractivity contribution in [1.82, 2.24) is 9.38 Å². The highest BCUT2D eigenvalue weighted by atomic mass is 16.5. The summed E-state index contributed by atoms with van der Waals surface area (Å²) in [4.78, 5) is 17.5. The largest absolute Gasteiger partial charge is 0.493 e. The molecule has 5 nitrogen and oxygen atoms in total. The molecule has 3 aromatic rings. The number of carbonyl (C=O) groups excluding carboxylic acids is 1. The fourth-order valence-electron chi connectivity index (χ4n) is 2.83. The van der Waals surface area contributed by atoms with Crippen molar-refractivity contribution in [2.75, 3.05) is 11.9 Å². The number of nitrogens with zero attached hydrogens (tertiary/aromatic N) is 2. The molecule has 0 radical (unpaired) electrons. The molecular formula is C21H25N3O2. The Balaban J connectivity index is 1.82. The van der Waals surface area contributed by atoms with Crippen molar-refractivity contribution in [2.24, 2.45) is 5.92 Å². The average Bonchev–Trinajstić information content (AvgIpc) is 3.01. The molecule has 0 saturated carbocycles. The van der Waals surface area contributed by atoms with Gasteiger partial charge < -0.3 is 10.1 Å². The van der Waals surface area contributed by atoms with E-state index in [1.807, 2.05) is 60.8 Å². The Morgan fingerprint density at radius 3 is 2.62 bits per heavy atom. The maximum atomic E-state index is 12.9. The summed E-state index contributed by atoms with van der Waals surface area (Å²) in [5, 5.41) is 2.97. The molecule has 1 amide bonds. The zero-order valence-electron chi connectivity index (χ0n) is 15.7. The molecule has 0 bridgehead atoms. The first kappa shape index (κ1) is 18.0.